The second kappa shape index (κ2) is 5.77. The van der Waals surface area contributed by atoms with Crippen molar-refractivity contribution in [3.05, 3.63) is 41.1 Å². The fourth-order valence-corrected chi connectivity index (χ4v) is 2.40. The molecule has 1 aliphatic heterocycles. The lowest BCUT2D eigenvalue weighted by Gasteiger charge is -2.26. The molecule has 0 saturated carbocycles. The monoisotopic (exact) mass is 275 g/mol. The van der Waals surface area contributed by atoms with E-state index < -0.39 is 5.97 Å². The molecule has 0 aromatic heterocycles. The van der Waals surface area contributed by atoms with E-state index in [1.807, 2.05) is 24.3 Å². The topological polar surface area (TPSA) is 64.6 Å². The summed E-state index contributed by atoms with van der Waals surface area (Å²) in [6.07, 6.45) is 0.230. The molecule has 0 radical (unpaired) electrons. The zero-order chi connectivity index (χ0) is 14.7. The van der Waals surface area contributed by atoms with Crippen LogP contribution in [0.25, 0.3) is 0 Å². The van der Waals surface area contributed by atoms with Gasteiger partial charge in [0.15, 0.2) is 0 Å². The quantitative estimate of drug-likeness (QED) is 0.853. The van der Waals surface area contributed by atoms with Crippen LogP contribution in [0.15, 0.2) is 35.5 Å². The second-order valence-corrected chi connectivity index (χ2v) is 4.61. The minimum atomic E-state index is -0.414. The van der Waals surface area contributed by atoms with Crippen LogP contribution in [0.3, 0.4) is 0 Å². The fourth-order valence-electron chi connectivity index (χ4n) is 2.40. The Morgan fingerprint density at radius 3 is 2.45 bits per heavy atom. The Morgan fingerprint density at radius 2 is 1.90 bits per heavy atom. The van der Waals surface area contributed by atoms with Crippen molar-refractivity contribution in [3.63, 3.8) is 0 Å². The summed E-state index contributed by atoms with van der Waals surface area (Å²) in [6.45, 7) is 1.71. The molecule has 1 heterocycles. The molecule has 0 saturated heterocycles. The number of esters is 1. The Kier molecular flexibility index (Phi) is 4.08. The Balaban J connectivity index is 2.42. The standard InChI is InChI=1S/C15H17NO4/c1-9-14(15(18)20-3)12(8-13(17)16-9)10-4-6-11(19-2)7-5-10/h4-7,12H,8H2,1-3H3,(H,16,17). The molecule has 20 heavy (non-hydrogen) atoms. The number of ether oxygens (including phenoxy) is 2. The van der Waals surface area contributed by atoms with Crippen LogP contribution in [-0.2, 0) is 14.3 Å². The van der Waals surface area contributed by atoms with Crippen LogP contribution < -0.4 is 10.1 Å². The van der Waals surface area contributed by atoms with Crippen molar-refractivity contribution in [1.29, 1.82) is 0 Å². The lowest BCUT2D eigenvalue weighted by Crippen LogP contribution is -2.33. The number of carbonyl (C=O) groups is 2. The molecule has 5 nitrogen and oxygen atoms in total. The Hall–Kier alpha value is -2.30. The van der Waals surface area contributed by atoms with E-state index in [4.69, 9.17) is 9.47 Å². The SMILES string of the molecule is COC(=O)C1=C(C)NC(=O)CC1c1ccc(OC)cc1. The second-order valence-electron chi connectivity index (χ2n) is 4.61. The largest absolute Gasteiger partial charge is 0.497 e. The highest BCUT2D eigenvalue weighted by Gasteiger charge is 2.32. The van der Waals surface area contributed by atoms with Crippen LogP contribution in [0.5, 0.6) is 5.75 Å². The first kappa shape index (κ1) is 14.1. The Morgan fingerprint density at radius 1 is 1.25 bits per heavy atom. The molecule has 2 rings (SSSR count). The summed E-state index contributed by atoms with van der Waals surface area (Å²) in [5.41, 5.74) is 1.94. The van der Waals surface area contributed by atoms with Crippen molar-refractivity contribution in [1.82, 2.24) is 5.32 Å². The molecule has 0 bridgehead atoms. The molecule has 106 valence electrons. The van der Waals surface area contributed by atoms with E-state index in [2.05, 4.69) is 5.32 Å². The van der Waals surface area contributed by atoms with Crippen LogP contribution >= 0.6 is 0 Å². The van der Waals surface area contributed by atoms with E-state index in [9.17, 15) is 9.59 Å². The minimum absolute atomic E-state index is 0.101. The van der Waals surface area contributed by atoms with Crippen molar-refractivity contribution in [2.45, 2.75) is 19.3 Å². The van der Waals surface area contributed by atoms with Gasteiger partial charge in [0.2, 0.25) is 5.91 Å². The molecule has 1 aliphatic rings. The van der Waals surface area contributed by atoms with Crippen LogP contribution in [0.2, 0.25) is 0 Å². The van der Waals surface area contributed by atoms with Crippen molar-refractivity contribution in [2.24, 2.45) is 0 Å². The molecule has 0 fully saturated rings. The molecule has 1 aromatic rings. The van der Waals surface area contributed by atoms with Crippen LogP contribution in [-0.4, -0.2) is 26.1 Å². The van der Waals surface area contributed by atoms with Crippen molar-refractivity contribution in [2.75, 3.05) is 14.2 Å². The maximum atomic E-state index is 11.9. The average Bonchev–Trinajstić information content (AvgIpc) is 2.46. The smallest absolute Gasteiger partial charge is 0.336 e. The van der Waals surface area contributed by atoms with Gasteiger partial charge in [0, 0.05) is 18.0 Å². The van der Waals surface area contributed by atoms with Gasteiger partial charge in [-0.1, -0.05) is 12.1 Å². The van der Waals surface area contributed by atoms with E-state index in [1.165, 1.54) is 7.11 Å². The van der Waals surface area contributed by atoms with E-state index in [-0.39, 0.29) is 18.2 Å². The molecule has 1 atom stereocenters. The van der Waals surface area contributed by atoms with Crippen LogP contribution in [0.4, 0.5) is 0 Å². The molecule has 0 spiro atoms. The third-order valence-electron chi connectivity index (χ3n) is 3.39. The van der Waals surface area contributed by atoms with Gasteiger partial charge in [0.1, 0.15) is 5.75 Å². The van der Waals surface area contributed by atoms with Gasteiger partial charge in [-0.05, 0) is 24.6 Å². The zero-order valence-electron chi connectivity index (χ0n) is 11.7. The number of allylic oxidation sites excluding steroid dienone is 1. The summed E-state index contributed by atoms with van der Waals surface area (Å²) in [4.78, 5) is 23.6. The number of methoxy groups -OCH3 is 2. The molecule has 1 amide bonds. The third kappa shape index (κ3) is 2.66. The van der Waals surface area contributed by atoms with Crippen LogP contribution in [0, 0.1) is 0 Å². The van der Waals surface area contributed by atoms with Crippen molar-refractivity contribution >= 4 is 11.9 Å². The Labute approximate surface area is 117 Å². The molecule has 1 aromatic carbocycles. The number of hydrogen-bond donors (Lipinski definition) is 1. The molecule has 0 aliphatic carbocycles. The summed E-state index contributed by atoms with van der Waals surface area (Å²) in [5, 5.41) is 2.68. The average molecular weight is 275 g/mol. The van der Waals surface area contributed by atoms with E-state index in [1.54, 1.807) is 14.0 Å². The first-order chi connectivity index (χ1) is 9.56. The first-order valence-corrected chi connectivity index (χ1v) is 6.29. The molecular weight excluding hydrogens is 258 g/mol. The number of hydrogen-bond acceptors (Lipinski definition) is 4. The maximum Gasteiger partial charge on any atom is 0.336 e. The highest BCUT2D eigenvalue weighted by atomic mass is 16.5. The van der Waals surface area contributed by atoms with Gasteiger partial charge in [0.05, 0.1) is 19.8 Å². The van der Waals surface area contributed by atoms with Gasteiger partial charge >= 0.3 is 5.97 Å². The molecule has 1 N–H and O–H groups in total. The van der Waals surface area contributed by atoms with Gasteiger partial charge in [0.25, 0.3) is 0 Å². The molecular formula is C15H17NO4. The predicted molar refractivity (Wildman–Crippen MR) is 73.2 cm³/mol. The third-order valence-corrected chi connectivity index (χ3v) is 3.39. The first-order valence-electron chi connectivity index (χ1n) is 6.29. The summed E-state index contributed by atoms with van der Waals surface area (Å²) >= 11 is 0. The van der Waals surface area contributed by atoms with E-state index in [0.29, 0.717) is 11.3 Å². The van der Waals surface area contributed by atoms with Gasteiger partial charge in [-0.15, -0.1) is 0 Å². The van der Waals surface area contributed by atoms with Crippen molar-refractivity contribution in [3.8, 4) is 5.75 Å². The Bertz CT molecular complexity index is 560. The number of carbonyl (C=O) groups excluding carboxylic acids is 2. The van der Waals surface area contributed by atoms with E-state index in [0.717, 1.165) is 11.3 Å². The van der Waals surface area contributed by atoms with E-state index >= 15 is 0 Å². The lowest BCUT2D eigenvalue weighted by molar-refractivity contribution is -0.136. The number of nitrogens with one attached hydrogen (secondary N) is 1. The highest BCUT2D eigenvalue weighted by molar-refractivity contribution is 5.95. The molecule has 5 heteroatoms. The summed E-state index contributed by atoms with van der Waals surface area (Å²) in [5.74, 6) is -0.0734. The summed E-state index contributed by atoms with van der Waals surface area (Å²) < 4.78 is 9.93. The van der Waals surface area contributed by atoms with Crippen LogP contribution in [0.1, 0.15) is 24.8 Å². The maximum absolute atomic E-state index is 11.9. The normalized spacial score (nSPS) is 18.6. The highest BCUT2D eigenvalue weighted by Crippen LogP contribution is 2.34. The summed E-state index contributed by atoms with van der Waals surface area (Å²) in [6, 6.07) is 7.34. The fraction of sp³-hybridized carbons (Fsp3) is 0.333. The van der Waals surface area contributed by atoms with Gasteiger partial charge in [-0.25, -0.2) is 4.79 Å². The zero-order valence-corrected chi connectivity index (χ0v) is 11.7. The molecule has 1 unspecified atom stereocenters. The van der Waals surface area contributed by atoms with Gasteiger partial charge in [-0.3, -0.25) is 4.79 Å². The number of rotatable bonds is 3. The predicted octanol–water partition coefficient (Wildman–Crippen LogP) is 1.75. The number of benzene rings is 1. The van der Waals surface area contributed by atoms with Crippen molar-refractivity contribution < 1.29 is 19.1 Å². The van der Waals surface area contributed by atoms with Gasteiger partial charge in [-0.2, -0.15) is 0 Å². The number of amides is 1. The lowest BCUT2D eigenvalue weighted by atomic mass is 9.84. The summed E-state index contributed by atoms with van der Waals surface area (Å²) in [7, 11) is 2.93. The minimum Gasteiger partial charge on any atom is -0.497 e. The van der Waals surface area contributed by atoms with Gasteiger partial charge < -0.3 is 14.8 Å².